The zero-order valence-corrected chi connectivity index (χ0v) is 10.9. The Hall–Kier alpha value is -1.75. The number of carbonyl (C=O) groups excluding carboxylic acids is 1. The van der Waals surface area contributed by atoms with Gasteiger partial charge in [0.25, 0.3) is 5.91 Å². The van der Waals surface area contributed by atoms with Crippen molar-refractivity contribution in [3.8, 4) is 0 Å². The van der Waals surface area contributed by atoms with Gasteiger partial charge in [-0.25, -0.2) is 0 Å². The number of hydrazine groups is 1. The first-order valence-corrected chi connectivity index (χ1v) is 6.12. The number of hydrogen-bond acceptors (Lipinski definition) is 3. The van der Waals surface area contributed by atoms with Gasteiger partial charge in [0.1, 0.15) is 0 Å². The van der Waals surface area contributed by atoms with Crippen molar-refractivity contribution in [2.75, 3.05) is 0 Å². The molecule has 96 valence electrons. The highest BCUT2D eigenvalue weighted by atomic mass is 35.5. The Kier molecular flexibility index (Phi) is 4.04. The van der Waals surface area contributed by atoms with Gasteiger partial charge in [-0.1, -0.05) is 23.8 Å². The van der Waals surface area contributed by atoms with Crippen molar-refractivity contribution in [2.24, 2.45) is 7.05 Å². The minimum atomic E-state index is -0.344. The lowest BCUT2D eigenvalue weighted by Gasteiger charge is -2.09. The summed E-state index contributed by atoms with van der Waals surface area (Å²) in [5.41, 5.74) is 6.81. The average molecular weight is 267 g/mol. The van der Waals surface area contributed by atoms with E-state index in [1.807, 2.05) is 6.20 Å². The third-order valence-corrected chi connectivity index (χ3v) is 2.92. The maximum atomic E-state index is 11.7. The molecule has 0 unspecified atom stereocenters. The van der Waals surface area contributed by atoms with E-state index in [0.29, 0.717) is 5.02 Å². The predicted octanol–water partition coefficient (Wildman–Crippen LogP) is 1.93. The summed E-state index contributed by atoms with van der Waals surface area (Å²) in [6.07, 6.45) is 10.7. The van der Waals surface area contributed by atoms with E-state index in [1.54, 1.807) is 13.2 Å². The first kappa shape index (κ1) is 12.7. The molecule has 1 amide bonds. The highest BCUT2D eigenvalue weighted by molar-refractivity contribution is 6.33. The summed E-state index contributed by atoms with van der Waals surface area (Å²) in [4.78, 5) is 11.7. The van der Waals surface area contributed by atoms with Crippen molar-refractivity contribution in [2.45, 2.75) is 19.3 Å². The molecule has 0 fully saturated rings. The van der Waals surface area contributed by atoms with Gasteiger partial charge in [0.2, 0.25) is 0 Å². The van der Waals surface area contributed by atoms with Crippen molar-refractivity contribution >= 4 is 17.5 Å². The number of carbonyl (C=O) groups is 1. The van der Waals surface area contributed by atoms with Crippen LogP contribution in [0, 0.1) is 0 Å². The maximum Gasteiger partial charge on any atom is 0.291 e. The van der Waals surface area contributed by atoms with Crippen LogP contribution in [0.4, 0.5) is 0 Å². The van der Waals surface area contributed by atoms with E-state index in [0.717, 1.165) is 19.3 Å². The summed E-state index contributed by atoms with van der Waals surface area (Å²) in [6.45, 7) is 0. The van der Waals surface area contributed by atoms with Crippen LogP contribution in [0.3, 0.4) is 0 Å². The number of nitrogens with zero attached hydrogens (tertiary/aromatic N) is 2. The fourth-order valence-corrected chi connectivity index (χ4v) is 2.00. The molecule has 0 aliphatic heterocycles. The number of aryl methyl sites for hydroxylation is 1. The third kappa shape index (κ3) is 3.13. The summed E-state index contributed by atoms with van der Waals surface area (Å²) in [5.74, 6) is -0.344. The quantitative estimate of drug-likeness (QED) is 0.649. The van der Waals surface area contributed by atoms with Crippen LogP contribution in [0.5, 0.6) is 0 Å². The van der Waals surface area contributed by atoms with Crippen molar-refractivity contribution in [3.05, 3.63) is 40.8 Å². The van der Waals surface area contributed by atoms with Crippen LogP contribution in [0.1, 0.15) is 29.8 Å². The molecule has 1 aromatic heterocycles. The van der Waals surface area contributed by atoms with Gasteiger partial charge in [0.15, 0.2) is 5.69 Å². The van der Waals surface area contributed by atoms with Gasteiger partial charge in [-0.05, 0) is 24.8 Å². The SMILES string of the molecule is Cn1cc(Cl)c(C(=O)NN/C=C2\CC=CCC2)n1. The number of halogens is 1. The number of rotatable bonds is 3. The fraction of sp³-hybridized carbons (Fsp3) is 0.333. The zero-order valence-electron chi connectivity index (χ0n) is 10.1. The molecule has 5 nitrogen and oxygen atoms in total. The summed E-state index contributed by atoms with van der Waals surface area (Å²) < 4.78 is 1.50. The Morgan fingerprint density at radius 3 is 3.00 bits per heavy atom. The smallest absolute Gasteiger partial charge is 0.291 e. The van der Waals surface area contributed by atoms with Crippen molar-refractivity contribution in [1.82, 2.24) is 20.6 Å². The van der Waals surface area contributed by atoms with Gasteiger partial charge in [-0.15, -0.1) is 0 Å². The molecule has 1 heterocycles. The molecule has 18 heavy (non-hydrogen) atoms. The Morgan fingerprint density at radius 1 is 1.56 bits per heavy atom. The number of hydrogen-bond donors (Lipinski definition) is 2. The molecule has 0 radical (unpaired) electrons. The highest BCUT2D eigenvalue weighted by Crippen LogP contribution is 2.15. The third-order valence-electron chi connectivity index (χ3n) is 2.64. The van der Waals surface area contributed by atoms with E-state index in [-0.39, 0.29) is 11.6 Å². The van der Waals surface area contributed by atoms with Gasteiger partial charge in [0, 0.05) is 19.4 Å². The predicted molar refractivity (Wildman–Crippen MR) is 69.9 cm³/mol. The molecule has 0 aromatic carbocycles. The van der Waals surface area contributed by atoms with Gasteiger partial charge in [-0.3, -0.25) is 14.9 Å². The van der Waals surface area contributed by atoms with Crippen LogP contribution < -0.4 is 10.9 Å². The molecule has 0 bridgehead atoms. The van der Waals surface area contributed by atoms with E-state index in [9.17, 15) is 4.79 Å². The first-order valence-electron chi connectivity index (χ1n) is 5.75. The number of allylic oxidation sites excluding steroid dienone is 3. The fourth-order valence-electron chi connectivity index (χ4n) is 1.73. The topological polar surface area (TPSA) is 59.0 Å². The molecule has 1 aliphatic carbocycles. The lowest BCUT2D eigenvalue weighted by atomic mass is 10.0. The average Bonchev–Trinajstić information content (AvgIpc) is 2.70. The summed E-state index contributed by atoms with van der Waals surface area (Å²) in [7, 11) is 1.71. The van der Waals surface area contributed by atoms with E-state index in [2.05, 4.69) is 28.1 Å². The lowest BCUT2D eigenvalue weighted by molar-refractivity contribution is 0.0935. The van der Waals surface area contributed by atoms with E-state index in [1.165, 1.54) is 10.3 Å². The number of aromatic nitrogens is 2. The van der Waals surface area contributed by atoms with Gasteiger partial charge >= 0.3 is 0 Å². The van der Waals surface area contributed by atoms with Crippen molar-refractivity contribution in [3.63, 3.8) is 0 Å². The molecule has 1 aliphatic rings. The molecule has 0 atom stereocenters. The molecular weight excluding hydrogens is 252 g/mol. The molecule has 0 saturated carbocycles. The van der Waals surface area contributed by atoms with E-state index >= 15 is 0 Å². The van der Waals surface area contributed by atoms with Crippen LogP contribution >= 0.6 is 11.6 Å². The van der Waals surface area contributed by atoms with Gasteiger partial charge in [-0.2, -0.15) is 5.10 Å². The Labute approximate surface area is 110 Å². The van der Waals surface area contributed by atoms with Crippen LogP contribution in [-0.4, -0.2) is 15.7 Å². The van der Waals surface area contributed by atoms with Crippen LogP contribution in [0.25, 0.3) is 0 Å². The Balaban J connectivity index is 1.89. The monoisotopic (exact) mass is 266 g/mol. The van der Waals surface area contributed by atoms with E-state index in [4.69, 9.17) is 11.6 Å². The zero-order chi connectivity index (χ0) is 13.0. The van der Waals surface area contributed by atoms with Crippen molar-refractivity contribution < 1.29 is 4.79 Å². The summed E-state index contributed by atoms with van der Waals surface area (Å²) in [5, 5.41) is 4.31. The largest absolute Gasteiger partial charge is 0.306 e. The van der Waals surface area contributed by atoms with Crippen LogP contribution in [-0.2, 0) is 7.05 Å². The Bertz CT molecular complexity index is 504. The molecular formula is C12H15ClN4O. The van der Waals surface area contributed by atoms with E-state index < -0.39 is 0 Å². The summed E-state index contributed by atoms with van der Waals surface area (Å²) in [6, 6.07) is 0. The normalized spacial score (nSPS) is 16.9. The first-order chi connectivity index (χ1) is 8.66. The second kappa shape index (κ2) is 5.73. The second-order valence-electron chi connectivity index (χ2n) is 4.11. The maximum absolute atomic E-state index is 11.7. The minimum absolute atomic E-state index is 0.216. The molecule has 2 rings (SSSR count). The van der Waals surface area contributed by atoms with Gasteiger partial charge < -0.3 is 5.43 Å². The lowest BCUT2D eigenvalue weighted by Crippen LogP contribution is -2.34. The standard InChI is InChI=1S/C12H15ClN4O/c1-17-8-10(13)11(16-17)12(18)15-14-7-9-5-3-2-4-6-9/h2-3,7-8,14H,4-6H2,1H3,(H,15,18)/b9-7+. The molecule has 0 saturated heterocycles. The van der Waals surface area contributed by atoms with Crippen LogP contribution in [0.15, 0.2) is 30.1 Å². The molecule has 6 heteroatoms. The molecule has 2 N–H and O–H groups in total. The highest BCUT2D eigenvalue weighted by Gasteiger charge is 2.13. The van der Waals surface area contributed by atoms with Gasteiger partial charge in [0.05, 0.1) is 5.02 Å². The Morgan fingerprint density at radius 2 is 2.39 bits per heavy atom. The molecule has 1 aromatic rings. The minimum Gasteiger partial charge on any atom is -0.306 e. The molecule has 0 spiro atoms. The number of amides is 1. The number of nitrogens with one attached hydrogen (secondary N) is 2. The second-order valence-corrected chi connectivity index (χ2v) is 4.52. The van der Waals surface area contributed by atoms with Crippen molar-refractivity contribution in [1.29, 1.82) is 0 Å². The van der Waals surface area contributed by atoms with Crippen LogP contribution in [0.2, 0.25) is 5.02 Å². The summed E-state index contributed by atoms with van der Waals surface area (Å²) >= 11 is 5.87.